The van der Waals surface area contributed by atoms with E-state index in [-0.39, 0.29) is 59.8 Å². The number of ether oxygens (including phenoxy) is 3. The number of carbonyl (C=O) groups is 2. The molecule has 7 heteroatoms. The van der Waals surface area contributed by atoms with E-state index in [1.807, 2.05) is 72.7 Å². The fraction of sp³-hybridized carbons (Fsp3) is 0.724. The molecule has 1 saturated heterocycles. The Balaban J connectivity index is 2.33. The zero-order valence-electron chi connectivity index (χ0n) is 23.3. The van der Waals surface area contributed by atoms with Crippen LogP contribution in [0.3, 0.4) is 0 Å². The second-order valence-corrected chi connectivity index (χ2v) is 10.9. The van der Waals surface area contributed by atoms with Crippen LogP contribution < -0.4 is 0 Å². The number of hydrogen-bond donors (Lipinski definition) is 1. The number of cyclic esters (lactones) is 1. The summed E-state index contributed by atoms with van der Waals surface area (Å²) in [5.74, 6) is -0.727. The van der Waals surface area contributed by atoms with Crippen LogP contribution in [0.5, 0.6) is 0 Å². The molecule has 2 rings (SSSR count). The summed E-state index contributed by atoms with van der Waals surface area (Å²) < 4.78 is 18.2. The molecule has 36 heavy (non-hydrogen) atoms. The summed E-state index contributed by atoms with van der Waals surface area (Å²) in [6, 6.07) is -0.0901. The highest BCUT2D eigenvalue weighted by molar-refractivity contribution is 5.91. The van der Waals surface area contributed by atoms with E-state index in [4.69, 9.17) is 14.2 Å². The van der Waals surface area contributed by atoms with Crippen LogP contribution in [0.1, 0.15) is 60.8 Å². The molecule has 0 unspecified atom stereocenters. The summed E-state index contributed by atoms with van der Waals surface area (Å²) in [5, 5.41) is 11.0. The van der Waals surface area contributed by atoms with Crippen molar-refractivity contribution in [2.45, 2.75) is 97.6 Å². The standard InChI is InChI=1S/C29H47NO6/c1-9-25-18(2)12-10-11-13-24(31)20(4)16-21(5)28(19(3)14-15-26(32)35-25)36-29-27(33)23(30(7)8)17-22(6)34-29/h10-15,18-23,25,27-29,33H,9,16-17H2,1-8H3/b12-10-,13-11-,15-14-/t18-,19-,20-,21-,22+,23-,25-,27+,28+,29-/m1/s1. The van der Waals surface area contributed by atoms with Gasteiger partial charge < -0.3 is 24.2 Å². The van der Waals surface area contributed by atoms with Gasteiger partial charge in [0.15, 0.2) is 12.1 Å². The number of aliphatic hydroxyl groups excluding tert-OH is 1. The Morgan fingerprint density at radius 3 is 2.33 bits per heavy atom. The molecule has 0 aromatic rings. The topological polar surface area (TPSA) is 85.3 Å². The number of esters is 1. The normalized spacial score (nSPS) is 42.1. The molecule has 0 radical (unpaired) electrons. The van der Waals surface area contributed by atoms with E-state index in [1.165, 1.54) is 6.08 Å². The van der Waals surface area contributed by atoms with Gasteiger partial charge in [0, 0.05) is 29.9 Å². The van der Waals surface area contributed by atoms with Crippen LogP contribution in [0, 0.1) is 23.7 Å². The molecule has 0 aliphatic carbocycles. The summed E-state index contributed by atoms with van der Waals surface area (Å²) in [6.45, 7) is 11.9. The number of aliphatic hydroxyl groups is 1. The van der Waals surface area contributed by atoms with Crippen molar-refractivity contribution in [2.75, 3.05) is 14.1 Å². The SMILES string of the molecule is CC[C@H]1OC(=O)/C=C\[C@@H](C)[C@H](O[C@H]2O[C@@H](C)C[C@@H](N(C)C)[C@@H]2O)[C@H](C)C[C@@H](C)C(=O)/C=C\C=C/[C@H]1C. The number of likely N-dealkylation sites (N-methyl/N-ethyl adjacent to an activating group) is 1. The lowest BCUT2D eigenvalue weighted by atomic mass is 9.84. The van der Waals surface area contributed by atoms with Crippen molar-refractivity contribution in [1.82, 2.24) is 4.90 Å². The molecule has 204 valence electrons. The summed E-state index contributed by atoms with van der Waals surface area (Å²) in [5.41, 5.74) is 0. The molecule has 2 heterocycles. The maximum absolute atomic E-state index is 12.8. The highest BCUT2D eigenvalue weighted by atomic mass is 16.7. The summed E-state index contributed by atoms with van der Waals surface area (Å²) in [4.78, 5) is 27.4. The first-order chi connectivity index (χ1) is 16.9. The number of carbonyl (C=O) groups excluding carboxylic acids is 2. The second-order valence-electron chi connectivity index (χ2n) is 10.9. The first kappa shape index (κ1) is 30.4. The van der Waals surface area contributed by atoms with Crippen molar-refractivity contribution in [3.05, 3.63) is 36.5 Å². The number of allylic oxidation sites excluding steroid dienone is 3. The quantitative estimate of drug-likeness (QED) is 0.570. The van der Waals surface area contributed by atoms with Gasteiger partial charge in [-0.3, -0.25) is 4.79 Å². The molecule has 7 nitrogen and oxygen atoms in total. The first-order valence-electron chi connectivity index (χ1n) is 13.4. The van der Waals surface area contributed by atoms with Gasteiger partial charge in [-0.25, -0.2) is 4.79 Å². The maximum Gasteiger partial charge on any atom is 0.330 e. The van der Waals surface area contributed by atoms with Gasteiger partial charge in [0.25, 0.3) is 0 Å². The zero-order valence-corrected chi connectivity index (χ0v) is 23.3. The van der Waals surface area contributed by atoms with Gasteiger partial charge in [0.05, 0.1) is 12.2 Å². The number of nitrogens with zero attached hydrogens (tertiary/aromatic N) is 1. The third kappa shape index (κ3) is 8.65. The lowest BCUT2D eigenvalue weighted by Gasteiger charge is -2.43. The monoisotopic (exact) mass is 505 g/mol. The van der Waals surface area contributed by atoms with Crippen LogP contribution in [-0.4, -0.2) is 72.6 Å². The van der Waals surface area contributed by atoms with Gasteiger partial charge in [-0.15, -0.1) is 0 Å². The Kier molecular flexibility index (Phi) is 12.0. The van der Waals surface area contributed by atoms with Gasteiger partial charge >= 0.3 is 5.97 Å². The van der Waals surface area contributed by atoms with Gasteiger partial charge in [-0.1, -0.05) is 58.9 Å². The second kappa shape index (κ2) is 14.2. The average Bonchev–Trinajstić information content (AvgIpc) is 2.82. The van der Waals surface area contributed by atoms with Gasteiger partial charge in [0.2, 0.25) is 0 Å². The maximum atomic E-state index is 12.8. The van der Waals surface area contributed by atoms with Crippen LogP contribution in [0.2, 0.25) is 0 Å². The third-order valence-corrected chi connectivity index (χ3v) is 7.44. The molecule has 0 aromatic heterocycles. The van der Waals surface area contributed by atoms with Gasteiger partial charge in [-0.2, -0.15) is 0 Å². The molecule has 0 saturated carbocycles. The molecular weight excluding hydrogens is 458 g/mol. The Hall–Kier alpha value is -1.80. The van der Waals surface area contributed by atoms with Crippen molar-refractivity contribution in [2.24, 2.45) is 23.7 Å². The van der Waals surface area contributed by atoms with E-state index in [0.717, 1.165) is 0 Å². The lowest BCUT2D eigenvalue weighted by molar-refractivity contribution is -0.277. The predicted octanol–water partition coefficient (Wildman–Crippen LogP) is 4.31. The fourth-order valence-electron chi connectivity index (χ4n) is 5.16. The molecule has 0 aromatic carbocycles. The highest BCUT2D eigenvalue weighted by Gasteiger charge is 2.40. The number of hydrogen-bond acceptors (Lipinski definition) is 7. The Morgan fingerprint density at radius 1 is 1.00 bits per heavy atom. The molecule has 1 fully saturated rings. The number of rotatable bonds is 4. The molecule has 1 N–H and O–H groups in total. The fourth-order valence-corrected chi connectivity index (χ4v) is 5.16. The minimum absolute atomic E-state index is 0.0162. The van der Waals surface area contributed by atoms with Gasteiger partial charge in [-0.05, 0) is 52.3 Å². The van der Waals surface area contributed by atoms with Crippen molar-refractivity contribution in [1.29, 1.82) is 0 Å². The van der Waals surface area contributed by atoms with E-state index >= 15 is 0 Å². The van der Waals surface area contributed by atoms with Crippen LogP contribution in [0.25, 0.3) is 0 Å². The third-order valence-electron chi connectivity index (χ3n) is 7.44. The molecule has 0 spiro atoms. The van der Waals surface area contributed by atoms with E-state index in [9.17, 15) is 14.7 Å². The van der Waals surface area contributed by atoms with E-state index < -0.39 is 12.4 Å². The van der Waals surface area contributed by atoms with Crippen molar-refractivity contribution >= 4 is 11.8 Å². The smallest absolute Gasteiger partial charge is 0.330 e. The zero-order chi connectivity index (χ0) is 27.0. The summed E-state index contributed by atoms with van der Waals surface area (Å²) >= 11 is 0. The van der Waals surface area contributed by atoms with E-state index in [2.05, 4.69) is 0 Å². The minimum atomic E-state index is -0.814. The molecule has 0 amide bonds. The predicted molar refractivity (Wildman–Crippen MR) is 141 cm³/mol. The first-order valence-corrected chi connectivity index (χ1v) is 13.4. The van der Waals surface area contributed by atoms with Crippen molar-refractivity contribution in [3.63, 3.8) is 0 Å². The Labute approximate surface area is 217 Å². The summed E-state index contributed by atoms with van der Waals surface area (Å²) in [7, 11) is 3.88. The highest BCUT2D eigenvalue weighted by Crippen LogP contribution is 2.31. The van der Waals surface area contributed by atoms with E-state index in [0.29, 0.717) is 19.3 Å². The van der Waals surface area contributed by atoms with Crippen LogP contribution in [0.4, 0.5) is 0 Å². The molecule has 0 bridgehead atoms. The lowest BCUT2D eigenvalue weighted by Crippen LogP contribution is -2.55. The van der Waals surface area contributed by atoms with Crippen molar-refractivity contribution < 1.29 is 28.9 Å². The molecule has 2 aliphatic rings. The molecular formula is C29H47NO6. The van der Waals surface area contributed by atoms with Gasteiger partial charge in [0.1, 0.15) is 12.2 Å². The molecule has 10 atom stereocenters. The molecule has 2 aliphatic heterocycles. The van der Waals surface area contributed by atoms with Crippen LogP contribution in [-0.2, 0) is 23.8 Å². The minimum Gasteiger partial charge on any atom is -0.459 e. The Morgan fingerprint density at radius 2 is 1.69 bits per heavy atom. The summed E-state index contributed by atoms with van der Waals surface area (Å²) in [6.07, 6.45) is 10.1. The van der Waals surface area contributed by atoms with Crippen LogP contribution in [0.15, 0.2) is 36.5 Å². The Bertz CT molecular complexity index is 806. The van der Waals surface area contributed by atoms with Crippen molar-refractivity contribution in [3.8, 4) is 0 Å². The van der Waals surface area contributed by atoms with Crippen LogP contribution >= 0.6 is 0 Å². The largest absolute Gasteiger partial charge is 0.459 e. The van der Waals surface area contributed by atoms with E-state index in [1.54, 1.807) is 18.2 Å². The average molecular weight is 506 g/mol. The number of ketones is 1.